The summed E-state index contributed by atoms with van der Waals surface area (Å²) in [7, 11) is 0. The SMILES string of the molecule is CC(NC(=O)c1cccc([N+](=O)[O-])c1)C(=O)NC1CC2CCC1(C)C2(C)C. The molecule has 2 fully saturated rings. The molecule has 146 valence electrons. The fourth-order valence-corrected chi connectivity index (χ4v) is 4.82. The molecule has 2 amide bonds. The van der Waals surface area contributed by atoms with Gasteiger partial charge in [0.1, 0.15) is 6.04 Å². The van der Waals surface area contributed by atoms with E-state index in [2.05, 4.69) is 31.4 Å². The number of fused-ring (bicyclic) bond motifs is 2. The van der Waals surface area contributed by atoms with Crippen molar-refractivity contribution in [3.8, 4) is 0 Å². The first-order chi connectivity index (χ1) is 12.6. The van der Waals surface area contributed by atoms with Gasteiger partial charge in [-0.1, -0.05) is 26.8 Å². The molecule has 2 aliphatic carbocycles. The van der Waals surface area contributed by atoms with Crippen LogP contribution in [0.3, 0.4) is 0 Å². The molecule has 4 unspecified atom stereocenters. The van der Waals surface area contributed by atoms with Crippen LogP contribution in [0.2, 0.25) is 0 Å². The van der Waals surface area contributed by atoms with E-state index in [4.69, 9.17) is 0 Å². The zero-order chi connectivity index (χ0) is 20.0. The highest BCUT2D eigenvalue weighted by Crippen LogP contribution is 2.65. The molecule has 7 heteroatoms. The third kappa shape index (κ3) is 3.19. The molecule has 0 aromatic heterocycles. The number of nitro groups is 1. The van der Waals surface area contributed by atoms with E-state index in [1.807, 2.05) is 0 Å². The smallest absolute Gasteiger partial charge is 0.270 e. The molecule has 0 spiro atoms. The molecule has 2 aliphatic rings. The highest BCUT2D eigenvalue weighted by molar-refractivity contribution is 5.97. The summed E-state index contributed by atoms with van der Waals surface area (Å²) >= 11 is 0. The number of hydrogen-bond donors (Lipinski definition) is 2. The van der Waals surface area contributed by atoms with E-state index < -0.39 is 16.9 Å². The van der Waals surface area contributed by atoms with Crippen LogP contribution in [0.15, 0.2) is 24.3 Å². The van der Waals surface area contributed by atoms with Crippen LogP contribution in [0.5, 0.6) is 0 Å². The van der Waals surface area contributed by atoms with Gasteiger partial charge in [0.2, 0.25) is 5.91 Å². The molecule has 7 nitrogen and oxygen atoms in total. The second-order valence-corrected chi connectivity index (χ2v) is 8.67. The average molecular weight is 373 g/mol. The first-order valence-corrected chi connectivity index (χ1v) is 9.42. The van der Waals surface area contributed by atoms with Gasteiger partial charge >= 0.3 is 0 Å². The average Bonchev–Trinajstić information content (AvgIpc) is 2.95. The number of benzene rings is 1. The van der Waals surface area contributed by atoms with E-state index >= 15 is 0 Å². The van der Waals surface area contributed by atoms with Gasteiger partial charge in [-0.25, -0.2) is 0 Å². The number of nitrogens with one attached hydrogen (secondary N) is 2. The lowest BCUT2D eigenvalue weighted by Crippen LogP contribution is -2.52. The molecule has 2 bridgehead atoms. The first-order valence-electron chi connectivity index (χ1n) is 9.42. The number of non-ortho nitro benzene ring substituents is 1. The lowest BCUT2D eigenvalue weighted by Gasteiger charge is -2.39. The van der Waals surface area contributed by atoms with Gasteiger partial charge in [-0.05, 0) is 49.0 Å². The molecule has 27 heavy (non-hydrogen) atoms. The summed E-state index contributed by atoms with van der Waals surface area (Å²) in [6.45, 7) is 8.44. The van der Waals surface area contributed by atoms with Crippen molar-refractivity contribution in [1.82, 2.24) is 10.6 Å². The van der Waals surface area contributed by atoms with Crippen LogP contribution in [0.25, 0.3) is 0 Å². The quantitative estimate of drug-likeness (QED) is 0.612. The molecule has 2 saturated carbocycles. The van der Waals surface area contributed by atoms with Crippen LogP contribution in [0, 0.1) is 26.9 Å². The third-order valence-corrected chi connectivity index (χ3v) is 7.17. The maximum Gasteiger partial charge on any atom is 0.270 e. The van der Waals surface area contributed by atoms with Gasteiger partial charge in [-0.15, -0.1) is 0 Å². The Morgan fingerprint density at radius 2 is 2.00 bits per heavy atom. The van der Waals surface area contributed by atoms with Crippen LogP contribution in [-0.2, 0) is 4.79 Å². The van der Waals surface area contributed by atoms with E-state index in [0.717, 1.165) is 12.8 Å². The molecule has 4 atom stereocenters. The van der Waals surface area contributed by atoms with Crippen molar-refractivity contribution in [1.29, 1.82) is 0 Å². The van der Waals surface area contributed by atoms with E-state index in [9.17, 15) is 19.7 Å². The Morgan fingerprint density at radius 3 is 2.56 bits per heavy atom. The highest BCUT2D eigenvalue weighted by Gasteiger charge is 2.61. The molecular formula is C20H27N3O4. The number of hydrogen-bond acceptors (Lipinski definition) is 4. The predicted octanol–water partition coefficient (Wildman–Crippen LogP) is 3.04. The normalized spacial score (nSPS) is 29.2. The van der Waals surface area contributed by atoms with Crippen molar-refractivity contribution in [3.05, 3.63) is 39.9 Å². The maximum atomic E-state index is 12.6. The lowest BCUT2D eigenvalue weighted by molar-refractivity contribution is -0.384. The molecule has 0 aliphatic heterocycles. The Morgan fingerprint density at radius 1 is 1.30 bits per heavy atom. The maximum absolute atomic E-state index is 12.6. The largest absolute Gasteiger partial charge is 0.351 e. The lowest BCUT2D eigenvalue weighted by atomic mass is 9.69. The molecule has 3 rings (SSSR count). The number of nitro benzene ring substituents is 1. The monoisotopic (exact) mass is 373 g/mol. The summed E-state index contributed by atoms with van der Waals surface area (Å²) in [4.78, 5) is 35.3. The Balaban J connectivity index is 1.62. The third-order valence-electron chi connectivity index (χ3n) is 7.17. The number of nitrogens with zero attached hydrogens (tertiary/aromatic N) is 1. The fraction of sp³-hybridized carbons (Fsp3) is 0.600. The van der Waals surface area contributed by atoms with Gasteiger partial charge in [-0.2, -0.15) is 0 Å². The van der Waals surface area contributed by atoms with Crippen LogP contribution in [0.1, 0.15) is 57.3 Å². The molecular weight excluding hydrogens is 346 g/mol. The minimum atomic E-state index is -0.720. The van der Waals surface area contributed by atoms with E-state index in [-0.39, 0.29) is 34.0 Å². The summed E-state index contributed by atoms with van der Waals surface area (Å²) in [6.07, 6.45) is 3.28. The zero-order valence-electron chi connectivity index (χ0n) is 16.2. The summed E-state index contributed by atoms with van der Waals surface area (Å²) in [5.41, 5.74) is 0.270. The minimum Gasteiger partial charge on any atom is -0.351 e. The standard InChI is InChI=1S/C20H27N3O4/c1-12(21-18(25)13-6-5-7-15(10-13)23(26)27)17(24)22-16-11-14-8-9-20(16,4)19(14,2)3/h5-7,10,12,14,16H,8-9,11H2,1-4H3,(H,21,25)(H,22,24). The number of carbonyl (C=O) groups excluding carboxylic acids is 2. The topological polar surface area (TPSA) is 101 Å². The van der Waals surface area contributed by atoms with Gasteiger partial charge in [0, 0.05) is 23.7 Å². The van der Waals surface area contributed by atoms with Crippen molar-refractivity contribution in [2.24, 2.45) is 16.7 Å². The van der Waals surface area contributed by atoms with Crippen LogP contribution >= 0.6 is 0 Å². The van der Waals surface area contributed by atoms with Crippen LogP contribution in [0.4, 0.5) is 5.69 Å². The summed E-state index contributed by atoms with van der Waals surface area (Å²) in [6, 6.07) is 4.87. The van der Waals surface area contributed by atoms with Crippen molar-refractivity contribution in [3.63, 3.8) is 0 Å². The summed E-state index contributed by atoms with van der Waals surface area (Å²) in [5, 5.41) is 16.6. The van der Waals surface area contributed by atoms with Gasteiger partial charge in [-0.3, -0.25) is 19.7 Å². The number of amides is 2. The van der Waals surface area contributed by atoms with Gasteiger partial charge in [0.05, 0.1) is 4.92 Å². The van der Waals surface area contributed by atoms with Crippen LogP contribution < -0.4 is 10.6 Å². The second-order valence-electron chi connectivity index (χ2n) is 8.67. The Kier molecular flexibility index (Phi) is 4.74. The fourth-order valence-electron chi connectivity index (χ4n) is 4.82. The zero-order valence-corrected chi connectivity index (χ0v) is 16.2. The minimum absolute atomic E-state index is 0.0666. The van der Waals surface area contributed by atoms with Crippen molar-refractivity contribution in [2.75, 3.05) is 0 Å². The van der Waals surface area contributed by atoms with Crippen molar-refractivity contribution in [2.45, 2.75) is 59.0 Å². The van der Waals surface area contributed by atoms with Crippen molar-refractivity contribution >= 4 is 17.5 Å². The van der Waals surface area contributed by atoms with Crippen molar-refractivity contribution < 1.29 is 14.5 Å². The Bertz CT molecular complexity index is 791. The van der Waals surface area contributed by atoms with Gasteiger partial charge in [0.25, 0.3) is 11.6 Å². The molecule has 0 radical (unpaired) electrons. The Labute approximate surface area is 159 Å². The summed E-state index contributed by atoms with van der Waals surface area (Å²) < 4.78 is 0. The number of carbonyl (C=O) groups is 2. The molecule has 0 heterocycles. The Hall–Kier alpha value is -2.44. The predicted molar refractivity (Wildman–Crippen MR) is 101 cm³/mol. The molecule has 1 aromatic carbocycles. The van der Waals surface area contributed by atoms with E-state index in [1.165, 1.54) is 30.7 Å². The first kappa shape index (κ1) is 19.3. The second kappa shape index (κ2) is 6.62. The molecule has 1 aromatic rings. The van der Waals surface area contributed by atoms with Crippen LogP contribution in [-0.4, -0.2) is 28.8 Å². The van der Waals surface area contributed by atoms with E-state index in [1.54, 1.807) is 6.92 Å². The highest BCUT2D eigenvalue weighted by atomic mass is 16.6. The van der Waals surface area contributed by atoms with E-state index in [0.29, 0.717) is 5.92 Å². The molecule has 0 saturated heterocycles. The molecule has 2 N–H and O–H groups in total. The number of rotatable bonds is 5. The summed E-state index contributed by atoms with van der Waals surface area (Å²) in [5.74, 6) is -0.105. The van der Waals surface area contributed by atoms with Gasteiger partial charge in [0.15, 0.2) is 0 Å². The van der Waals surface area contributed by atoms with Gasteiger partial charge < -0.3 is 10.6 Å².